The summed E-state index contributed by atoms with van der Waals surface area (Å²) in [6.45, 7) is 0. The van der Waals surface area contributed by atoms with Gasteiger partial charge in [-0.2, -0.15) is 0 Å². The van der Waals surface area contributed by atoms with Crippen molar-refractivity contribution in [2.45, 2.75) is 6.42 Å². The quantitative estimate of drug-likeness (QED) is 0.693. The SMILES string of the molecule is O=C(Cc1ccccc1[N+](=O)[O-])Nc1cc(Cl)ccn1. The molecule has 1 amide bonds. The van der Waals surface area contributed by atoms with Crippen LogP contribution in [0.25, 0.3) is 0 Å². The summed E-state index contributed by atoms with van der Waals surface area (Å²) in [5, 5.41) is 13.8. The van der Waals surface area contributed by atoms with Crippen molar-refractivity contribution in [1.29, 1.82) is 0 Å². The number of nitro benzene ring substituents is 1. The molecule has 1 aromatic heterocycles. The van der Waals surface area contributed by atoms with Gasteiger partial charge in [0, 0.05) is 22.8 Å². The lowest BCUT2D eigenvalue weighted by Crippen LogP contribution is -2.16. The molecule has 0 saturated heterocycles. The molecule has 0 unspecified atom stereocenters. The van der Waals surface area contributed by atoms with Gasteiger partial charge in [-0.15, -0.1) is 0 Å². The van der Waals surface area contributed by atoms with Crippen LogP contribution in [0.2, 0.25) is 5.02 Å². The van der Waals surface area contributed by atoms with Crippen molar-refractivity contribution in [3.8, 4) is 0 Å². The third kappa shape index (κ3) is 3.52. The van der Waals surface area contributed by atoms with Crippen molar-refractivity contribution < 1.29 is 9.72 Å². The predicted octanol–water partition coefficient (Wildman–Crippen LogP) is 2.82. The van der Waals surface area contributed by atoms with Crippen molar-refractivity contribution in [3.05, 3.63) is 63.3 Å². The lowest BCUT2D eigenvalue weighted by molar-refractivity contribution is -0.385. The van der Waals surface area contributed by atoms with E-state index >= 15 is 0 Å². The minimum atomic E-state index is -0.514. The van der Waals surface area contributed by atoms with Crippen LogP contribution in [0.15, 0.2) is 42.6 Å². The van der Waals surface area contributed by atoms with Crippen LogP contribution < -0.4 is 5.32 Å². The number of benzene rings is 1. The van der Waals surface area contributed by atoms with E-state index in [0.717, 1.165) is 0 Å². The maximum absolute atomic E-state index is 11.9. The van der Waals surface area contributed by atoms with Crippen LogP contribution in [-0.2, 0) is 11.2 Å². The van der Waals surface area contributed by atoms with E-state index in [4.69, 9.17) is 11.6 Å². The van der Waals surface area contributed by atoms with E-state index in [-0.39, 0.29) is 12.1 Å². The first kappa shape index (κ1) is 14.0. The number of nitrogens with one attached hydrogen (secondary N) is 1. The highest BCUT2D eigenvalue weighted by atomic mass is 35.5. The molecule has 7 heteroatoms. The van der Waals surface area contributed by atoms with Crippen molar-refractivity contribution >= 4 is 29.0 Å². The summed E-state index contributed by atoms with van der Waals surface area (Å²) >= 11 is 5.77. The number of para-hydroxylation sites is 1. The predicted molar refractivity (Wildman–Crippen MR) is 74.7 cm³/mol. The summed E-state index contributed by atoms with van der Waals surface area (Å²) in [6, 6.07) is 9.19. The van der Waals surface area contributed by atoms with Gasteiger partial charge in [0.2, 0.25) is 5.91 Å². The molecule has 1 aromatic carbocycles. The number of aromatic nitrogens is 1. The van der Waals surface area contributed by atoms with Gasteiger partial charge < -0.3 is 5.32 Å². The summed E-state index contributed by atoms with van der Waals surface area (Å²) in [7, 11) is 0. The average Bonchev–Trinajstić information content (AvgIpc) is 2.38. The van der Waals surface area contributed by atoms with Crippen LogP contribution in [0, 0.1) is 10.1 Å². The van der Waals surface area contributed by atoms with Gasteiger partial charge in [0.05, 0.1) is 11.3 Å². The maximum atomic E-state index is 11.9. The Morgan fingerprint density at radius 3 is 2.80 bits per heavy atom. The molecule has 0 aliphatic heterocycles. The van der Waals surface area contributed by atoms with Gasteiger partial charge in [-0.1, -0.05) is 29.8 Å². The molecule has 20 heavy (non-hydrogen) atoms. The van der Waals surface area contributed by atoms with E-state index in [1.165, 1.54) is 18.3 Å². The second-order valence-electron chi connectivity index (χ2n) is 3.97. The van der Waals surface area contributed by atoms with E-state index in [0.29, 0.717) is 16.4 Å². The van der Waals surface area contributed by atoms with E-state index in [1.807, 2.05) is 0 Å². The van der Waals surface area contributed by atoms with Crippen LogP contribution in [-0.4, -0.2) is 15.8 Å². The lowest BCUT2D eigenvalue weighted by Gasteiger charge is -2.05. The number of halogens is 1. The largest absolute Gasteiger partial charge is 0.310 e. The number of hydrogen-bond acceptors (Lipinski definition) is 4. The monoisotopic (exact) mass is 291 g/mol. The molecular formula is C13H10ClN3O3. The summed E-state index contributed by atoms with van der Waals surface area (Å²) in [5.74, 6) is -0.0878. The Hall–Kier alpha value is -2.47. The number of amides is 1. The molecule has 0 spiro atoms. The molecule has 0 bridgehead atoms. The second kappa shape index (κ2) is 6.12. The van der Waals surface area contributed by atoms with Gasteiger partial charge >= 0.3 is 0 Å². The maximum Gasteiger partial charge on any atom is 0.273 e. The Morgan fingerprint density at radius 2 is 2.10 bits per heavy atom. The van der Waals surface area contributed by atoms with Crippen molar-refractivity contribution in [3.63, 3.8) is 0 Å². The smallest absolute Gasteiger partial charge is 0.273 e. The fourth-order valence-corrected chi connectivity index (χ4v) is 1.83. The van der Waals surface area contributed by atoms with Crippen molar-refractivity contribution in [2.24, 2.45) is 0 Å². The molecular weight excluding hydrogens is 282 g/mol. The Bertz CT molecular complexity index is 661. The molecule has 102 valence electrons. The molecule has 1 N–H and O–H groups in total. The third-order valence-corrected chi connectivity index (χ3v) is 2.76. The van der Waals surface area contributed by atoms with Crippen LogP contribution in [0.5, 0.6) is 0 Å². The Labute approximate surface area is 119 Å². The zero-order valence-electron chi connectivity index (χ0n) is 10.2. The molecule has 0 aliphatic rings. The molecule has 6 nitrogen and oxygen atoms in total. The number of pyridine rings is 1. The summed E-state index contributed by atoms with van der Waals surface area (Å²) in [6.07, 6.45) is 1.36. The van der Waals surface area contributed by atoms with Gasteiger partial charge in [-0.05, 0) is 12.1 Å². The first-order valence-electron chi connectivity index (χ1n) is 5.70. The summed E-state index contributed by atoms with van der Waals surface area (Å²) < 4.78 is 0. The highest BCUT2D eigenvalue weighted by Crippen LogP contribution is 2.19. The number of hydrogen-bond donors (Lipinski definition) is 1. The molecule has 0 atom stereocenters. The first-order valence-corrected chi connectivity index (χ1v) is 6.08. The van der Waals surface area contributed by atoms with Crippen molar-refractivity contribution in [2.75, 3.05) is 5.32 Å². The van der Waals surface area contributed by atoms with Crippen LogP contribution in [0.3, 0.4) is 0 Å². The number of rotatable bonds is 4. The molecule has 0 radical (unpaired) electrons. The summed E-state index contributed by atoms with van der Waals surface area (Å²) in [5.41, 5.74) is 0.263. The topological polar surface area (TPSA) is 85.1 Å². The zero-order valence-corrected chi connectivity index (χ0v) is 11.0. The summed E-state index contributed by atoms with van der Waals surface area (Å²) in [4.78, 5) is 26.1. The van der Waals surface area contributed by atoms with Crippen molar-refractivity contribution in [1.82, 2.24) is 4.98 Å². The lowest BCUT2D eigenvalue weighted by atomic mass is 10.1. The van der Waals surface area contributed by atoms with Gasteiger partial charge in [-0.3, -0.25) is 14.9 Å². The fraction of sp³-hybridized carbons (Fsp3) is 0.0769. The third-order valence-electron chi connectivity index (χ3n) is 2.53. The highest BCUT2D eigenvalue weighted by molar-refractivity contribution is 6.30. The second-order valence-corrected chi connectivity index (χ2v) is 4.41. The van der Waals surface area contributed by atoms with Gasteiger partial charge in [-0.25, -0.2) is 4.98 Å². The zero-order chi connectivity index (χ0) is 14.5. The van der Waals surface area contributed by atoms with E-state index < -0.39 is 10.8 Å². The molecule has 0 saturated carbocycles. The molecule has 2 aromatic rings. The van der Waals surface area contributed by atoms with E-state index in [1.54, 1.807) is 24.3 Å². The molecule has 0 aliphatic carbocycles. The minimum absolute atomic E-state index is 0.0818. The standard InChI is InChI=1S/C13H10ClN3O3/c14-10-5-6-15-12(8-10)16-13(18)7-9-3-1-2-4-11(9)17(19)20/h1-6,8H,7H2,(H,15,16,18). The Balaban J connectivity index is 2.11. The molecule has 2 rings (SSSR count). The molecule has 0 fully saturated rings. The van der Waals surface area contributed by atoms with E-state index in [9.17, 15) is 14.9 Å². The van der Waals surface area contributed by atoms with Gasteiger partial charge in [0.1, 0.15) is 5.82 Å². The number of anilines is 1. The van der Waals surface area contributed by atoms with E-state index in [2.05, 4.69) is 10.3 Å². The minimum Gasteiger partial charge on any atom is -0.310 e. The van der Waals surface area contributed by atoms with Crippen LogP contribution in [0.1, 0.15) is 5.56 Å². The van der Waals surface area contributed by atoms with Crippen LogP contribution >= 0.6 is 11.6 Å². The average molecular weight is 292 g/mol. The fourth-order valence-electron chi connectivity index (χ4n) is 1.67. The van der Waals surface area contributed by atoms with Gasteiger partial charge in [0.15, 0.2) is 0 Å². The Morgan fingerprint density at radius 1 is 1.35 bits per heavy atom. The first-order chi connectivity index (χ1) is 9.56. The van der Waals surface area contributed by atoms with Crippen LogP contribution in [0.4, 0.5) is 11.5 Å². The number of nitrogens with zero attached hydrogens (tertiary/aromatic N) is 2. The number of nitro groups is 1. The van der Waals surface area contributed by atoms with Gasteiger partial charge in [0.25, 0.3) is 5.69 Å². The number of carbonyl (C=O) groups excluding carboxylic acids is 1. The number of carbonyl (C=O) groups is 1. The normalized spacial score (nSPS) is 10.1. The highest BCUT2D eigenvalue weighted by Gasteiger charge is 2.15. The molecule has 1 heterocycles. The Kier molecular flexibility index (Phi) is 4.27.